The van der Waals surface area contributed by atoms with Crippen molar-refractivity contribution in [2.75, 3.05) is 26.3 Å². The van der Waals surface area contributed by atoms with Crippen molar-refractivity contribution in [2.45, 2.75) is 51.3 Å². The van der Waals surface area contributed by atoms with Gasteiger partial charge in [0.2, 0.25) is 5.91 Å². The van der Waals surface area contributed by atoms with Crippen LogP contribution in [0, 0.1) is 5.92 Å². The molecule has 2 aliphatic heterocycles. The molecule has 4 atom stereocenters. The van der Waals surface area contributed by atoms with Crippen molar-refractivity contribution >= 4 is 23.6 Å². The molecule has 194 valence electrons. The number of carbonyl (C=O) groups is 2. The van der Waals surface area contributed by atoms with Gasteiger partial charge in [-0.05, 0) is 42.7 Å². The molecule has 4 rings (SSSR count). The largest absolute Gasteiger partial charge is 0.493 e. The summed E-state index contributed by atoms with van der Waals surface area (Å²) in [5, 5.41) is 17.1. The molecule has 8 nitrogen and oxygen atoms in total. The van der Waals surface area contributed by atoms with Gasteiger partial charge < -0.3 is 25.2 Å². The van der Waals surface area contributed by atoms with Crippen LogP contribution < -0.4 is 15.4 Å². The first-order chi connectivity index (χ1) is 17.4. The van der Waals surface area contributed by atoms with E-state index >= 15 is 0 Å². The Hall–Kier alpha value is -2.97. The number of allylic oxidation sites excluding steroid dienone is 2. The summed E-state index contributed by atoms with van der Waals surface area (Å²) in [5.74, 6) is 0.761. The van der Waals surface area contributed by atoms with E-state index in [-0.39, 0.29) is 36.5 Å². The third-order valence-corrected chi connectivity index (χ3v) is 6.99. The molecular weight excluding hydrogens is 482 g/mol. The first-order valence-electron chi connectivity index (χ1n) is 12.6. The zero-order chi connectivity index (χ0) is 25.7. The molecule has 0 spiro atoms. The second-order valence-corrected chi connectivity index (χ2v) is 9.54. The molecule has 3 N–H and O–H groups in total. The second-order valence-electron chi connectivity index (χ2n) is 9.11. The molecule has 0 bridgehead atoms. The molecule has 0 radical (unpaired) electrons. The number of aliphatic hydroxyl groups excluding tert-OH is 1. The van der Waals surface area contributed by atoms with Gasteiger partial charge in [-0.15, -0.1) is 0 Å². The summed E-state index contributed by atoms with van der Waals surface area (Å²) >= 11 is 6.30. The molecule has 36 heavy (non-hydrogen) atoms. The summed E-state index contributed by atoms with van der Waals surface area (Å²) in [4.78, 5) is 26.0. The van der Waals surface area contributed by atoms with Crippen LogP contribution in [0.5, 0.6) is 5.75 Å². The number of nitrogens with zero attached hydrogens (tertiary/aromatic N) is 1. The molecule has 2 amide bonds. The van der Waals surface area contributed by atoms with Gasteiger partial charge in [0.1, 0.15) is 11.8 Å². The molecular formula is C27H34ClN3O5. The lowest BCUT2D eigenvalue weighted by atomic mass is 9.85. The molecule has 1 aliphatic carbocycles. The maximum absolute atomic E-state index is 12.9. The minimum atomic E-state index is -0.668. The van der Waals surface area contributed by atoms with Gasteiger partial charge in [-0.25, -0.2) is 4.79 Å². The van der Waals surface area contributed by atoms with Crippen LogP contribution >= 0.6 is 11.6 Å². The van der Waals surface area contributed by atoms with Crippen molar-refractivity contribution in [3.63, 3.8) is 0 Å². The number of rotatable bonds is 9. The smallest absolute Gasteiger partial charge is 0.410 e. The van der Waals surface area contributed by atoms with Gasteiger partial charge in [0.05, 0.1) is 25.4 Å². The first-order valence-corrected chi connectivity index (χ1v) is 12.9. The Bertz CT molecular complexity index is 1050. The van der Waals surface area contributed by atoms with Gasteiger partial charge in [-0.3, -0.25) is 9.69 Å². The van der Waals surface area contributed by atoms with E-state index in [2.05, 4.69) is 22.8 Å². The number of hydrogen-bond acceptors (Lipinski definition) is 6. The van der Waals surface area contributed by atoms with Gasteiger partial charge in [0.25, 0.3) is 0 Å². The predicted octanol–water partition coefficient (Wildman–Crippen LogP) is 3.78. The summed E-state index contributed by atoms with van der Waals surface area (Å²) in [7, 11) is 0. The van der Waals surface area contributed by atoms with Gasteiger partial charge in [-0.1, -0.05) is 42.8 Å². The van der Waals surface area contributed by atoms with E-state index in [1.807, 2.05) is 37.3 Å². The van der Waals surface area contributed by atoms with E-state index in [4.69, 9.17) is 21.1 Å². The Kier molecular flexibility index (Phi) is 8.59. The normalized spacial score (nSPS) is 23.3. The van der Waals surface area contributed by atoms with Crippen LogP contribution in [0.2, 0.25) is 0 Å². The number of aliphatic hydroxyl groups is 1. The lowest BCUT2D eigenvalue weighted by Gasteiger charge is -2.37. The van der Waals surface area contributed by atoms with Crippen LogP contribution in [0.25, 0.3) is 0 Å². The van der Waals surface area contributed by atoms with Gasteiger partial charge >= 0.3 is 6.09 Å². The molecule has 0 fully saturated rings. The molecule has 0 aromatic heterocycles. The highest BCUT2D eigenvalue weighted by molar-refractivity contribution is 6.31. The molecule has 1 aromatic carbocycles. The number of amides is 2. The second kappa shape index (κ2) is 11.8. The number of nitrogens with one attached hydrogen (secondary N) is 2. The van der Waals surface area contributed by atoms with E-state index in [0.29, 0.717) is 38.3 Å². The van der Waals surface area contributed by atoms with Crippen molar-refractivity contribution in [3.05, 3.63) is 64.4 Å². The van der Waals surface area contributed by atoms with Crippen molar-refractivity contribution in [3.8, 4) is 5.75 Å². The summed E-state index contributed by atoms with van der Waals surface area (Å²) < 4.78 is 11.2. The first kappa shape index (κ1) is 26.1. The van der Waals surface area contributed by atoms with Gasteiger partial charge in [-0.2, -0.15) is 0 Å². The van der Waals surface area contributed by atoms with Crippen LogP contribution in [-0.2, 0) is 9.53 Å². The third kappa shape index (κ3) is 5.87. The molecule has 9 heteroatoms. The zero-order valence-electron chi connectivity index (χ0n) is 20.7. The zero-order valence-corrected chi connectivity index (χ0v) is 21.5. The molecule has 3 aliphatic rings. The van der Waals surface area contributed by atoms with Crippen molar-refractivity contribution in [1.29, 1.82) is 0 Å². The number of benzene rings is 1. The van der Waals surface area contributed by atoms with Crippen LogP contribution in [-0.4, -0.2) is 60.5 Å². The van der Waals surface area contributed by atoms with Crippen molar-refractivity contribution in [1.82, 2.24) is 15.5 Å². The molecule has 2 heterocycles. The quantitative estimate of drug-likeness (QED) is 0.463. The summed E-state index contributed by atoms with van der Waals surface area (Å²) in [5.41, 5.74) is 3.26. The summed E-state index contributed by atoms with van der Waals surface area (Å²) in [6.07, 6.45) is 6.62. The monoisotopic (exact) mass is 515 g/mol. The molecule has 3 unspecified atom stereocenters. The molecule has 1 aromatic rings. The van der Waals surface area contributed by atoms with Crippen molar-refractivity contribution in [2.24, 2.45) is 5.92 Å². The topological polar surface area (TPSA) is 100 Å². The molecule has 0 saturated carbocycles. The third-order valence-electron chi connectivity index (χ3n) is 6.74. The van der Waals surface area contributed by atoms with Crippen LogP contribution in [0.1, 0.15) is 44.7 Å². The van der Waals surface area contributed by atoms with Crippen LogP contribution in [0.3, 0.4) is 0 Å². The Balaban J connectivity index is 1.46. The maximum Gasteiger partial charge on any atom is 0.410 e. The van der Waals surface area contributed by atoms with E-state index in [9.17, 15) is 14.7 Å². The van der Waals surface area contributed by atoms with E-state index in [1.54, 1.807) is 11.8 Å². The number of carbonyl (C=O) groups excluding carboxylic acids is 2. The molecule has 0 saturated heterocycles. The average Bonchev–Trinajstić information content (AvgIpc) is 3.25. The summed E-state index contributed by atoms with van der Waals surface area (Å²) in [6, 6.07) is 7.50. The number of ether oxygens (including phenoxy) is 2. The SMILES string of the molecule is CCOC(=O)N1CCC2=C(NC3C=CC(Cl)=CC23)[C@@H]1c1ccc(OCCC(O)CNC(=O)CC)cc1. The van der Waals surface area contributed by atoms with Gasteiger partial charge in [0.15, 0.2) is 0 Å². The maximum atomic E-state index is 12.9. The van der Waals surface area contributed by atoms with E-state index in [1.165, 1.54) is 5.57 Å². The van der Waals surface area contributed by atoms with Crippen LogP contribution in [0.15, 0.2) is 58.8 Å². The predicted molar refractivity (Wildman–Crippen MR) is 137 cm³/mol. The highest BCUT2D eigenvalue weighted by atomic mass is 35.5. The summed E-state index contributed by atoms with van der Waals surface area (Å²) in [6.45, 7) is 4.98. The number of fused-ring (bicyclic) bond motifs is 2. The van der Waals surface area contributed by atoms with Crippen LogP contribution in [0.4, 0.5) is 4.79 Å². The fourth-order valence-corrected chi connectivity index (χ4v) is 5.11. The fourth-order valence-electron chi connectivity index (χ4n) is 4.90. The number of halogens is 1. The van der Waals surface area contributed by atoms with E-state index < -0.39 is 6.10 Å². The Morgan fingerprint density at radius 2 is 2.06 bits per heavy atom. The Morgan fingerprint density at radius 3 is 2.78 bits per heavy atom. The highest BCUT2D eigenvalue weighted by Crippen LogP contribution is 2.44. The highest BCUT2D eigenvalue weighted by Gasteiger charge is 2.43. The standard InChI is InChI=1S/C27H34ClN3O5/c1-3-24(33)29-16-19(32)12-14-36-20-8-5-17(6-9-20)26-25-21(11-13-31(26)27(34)35-4-2)22-15-18(28)7-10-23(22)30-25/h5-10,15,19,22-23,26,30,32H,3-4,11-14,16H2,1-2H3,(H,29,33)/t19?,22?,23?,26-/m0/s1. The van der Waals surface area contributed by atoms with Gasteiger partial charge in [0, 0.05) is 42.6 Å². The lowest BCUT2D eigenvalue weighted by Crippen LogP contribution is -2.42. The average molecular weight is 516 g/mol. The minimum Gasteiger partial charge on any atom is -0.493 e. The fraction of sp³-hybridized carbons (Fsp3) is 0.481. The lowest BCUT2D eigenvalue weighted by molar-refractivity contribution is -0.121. The Labute approximate surface area is 217 Å². The van der Waals surface area contributed by atoms with Crippen molar-refractivity contribution < 1.29 is 24.2 Å². The minimum absolute atomic E-state index is 0.0884. The Morgan fingerprint density at radius 1 is 1.28 bits per heavy atom. The van der Waals surface area contributed by atoms with E-state index in [0.717, 1.165) is 22.7 Å². The number of hydrogen-bond donors (Lipinski definition) is 3.